The summed E-state index contributed by atoms with van der Waals surface area (Å²) < 4.78 is 0. The first-order valence-corrected chi connectivity index (χ1v) is 6.35. The number of aliphatic carboxylic acids is 1. The van der Waals surface area contributed by atoms with Gasteiger partial charge in [-0.1, -0.05) is 25.1 Å². The molecule has 0 saturated heterocycles. The van der Waals surface area contributed by atoms with Gasteiger partial charge in [0.1, 0.15) is 6.54 Å². The summed E-state index contributed by atoms with van der Waals surface area (Å²) in [6, 6.07) is 8.89. The van der Waals surface area contributed by atoms with Gasteiger partial charge in [-0.05, 0) is 25.6 Å². The van der Waals surface area contributed by atoms with Gasteiger partial charge < -0.3 is 15.3 Å². The molecule has 19 heavy (non-hydrogen) atoms. The van der Waals surface area contributed by atoms with Crippen LogP contribution in [0.2, 0.25) is 0 Å². The van der Waals surface area contributed by atoms with Crippen molar-refractivity contribution in [2.45, 2.75) is 26.3 Å². The van der Waals surface area contributed by atoms with Crippen molar-refractivity contribution in [1.29, 1.82) is 0 Å². The van der Waals surface area contributed by atoms with E-state index in [1.807, 2.05) is 19.9 Å². The largest absolute Gasteiger partial charge is 0.480 e. The van der Waals surface area contributed by atoms with Gasteiger partial charge in [0, 0.05) is 18.2 Å². The highest BCUT2D eigenvalue weighted by Gasteiger charge is 2.20. The molecule has 104 valence electrons. The van der Waals surface area contributed by atoms with Gasteiger partial charge in [-0.3, -0.25) is 9.59 Å². The molecule has 0 fully saturated rings. The number of para-hydroxylation sites is 1. The number of anilines is 1. The predicted molar refractivity (Wildman–Crippen MR) is 74.2 cm³/mol. The highest BCUT2D eigenvalue weighted by molar-refractivity contribution is 5.97. The highest BCUT2D eigenvalue weighted by atomic mass is 16.4. The van der Waals surface area contributed by atoms with Crippen molar-refractivity contribution in [3.05, 3.63) is 30.3 Å². The van der Waals surface area contributed by atoms with Gasteiger partial charge in [0.05, 0.1) is 0 Å². The predicted octanol–water partition coefficient (Wildman–Crippen LogP) is 1.49. The third-order valence-electron chi connectivity index (χ3n) is 2.70. The quantitative estimate of drug-likeness (QED) is 0.783. The zero-order valence-corrected chi connectivity index (χ0v) is 11.3. The van der Waals surface area contributed by atoms with Crippen LogP contribution in [0.15, 0.2) is 30.3 Å². The van der Waals surface area contributed by atoms with E-state index in [9.17, 15) is 9.59 Å². The molecule has 5 heteroatoms. The first-order chi connectivity index (χ1) is 9.04. The number of hydrogen-bond acceptors (Lipinski definition) is 3. The molecule has 0 heterocycles. The Kier molecular flexibility index (Phi) is 6.02. The van der Waals surface area contributed by atoms with Crippen LogP contribution in [0.1, 0.15) is 20.3 Å². The molecule has 0 bridgehead atoms. The molecular weight excluding hydrogens is 244 g/mol. The Balaban J connectivity index is 2.80. The average molecular weight is 264 g/mol. The van der Waals surface area contributed by atoms with E-state index in [1.165, 1.54) is 4.90 Å². The van der Waals surface area contributed by atoms with Crippen molar-refractivity contribution in [2.24, 2.45) is 0 Å². The number of hydrogen-bond donors (Lipinski definition) is 2. The SMILES string of the molecule is CCNC(C)CC(=O)N(CC(=O)O)c1ccccc1. The summed E-state index contributed by atoms with van der Waals surface area (Å²) in [5.41, 5.74) is 0.610. The van der Waals surface area contributed by atoms with Gasteiger partial charge in [0.15, 0.2) is 0 Å². The summed E-state index contributed by atoms with van der Waals surface area (Å²) in [6.45, 7) is 4.33. The number of carboxylic acids is 1. The van der Waals surface area contributed by atoms with E-state index in [4.69, 9.17) is 5.11 Å². The van der Waals surface area contributed by atoms with E-state index in [0.29, 0.717) is 5.69 Å². The van der Waals surface area contributed by atoms with Crippen LogP contribution in [-0.4, -0.2) is 36.1 Å². The molecule has 1 amide bonds. The number of amides is 1. The third-order valence-corrected chi connectivity index (χ3v) is 2.70. The normalized spacial score (nSPS) is 11.9. The second-order valence-electron chi connectivity index (χ2n) is 4.37. The third kappa shape index (κ3) is 5.09. The number of nitrogens with one attached hydrogen (secondary N) is 1. The van der Waals surface area contributed by atoms with E-state index in [-0.39, 0.29) is 24.9 Å². The van der Waals surface area contributed by atoms with Crippen LogP contribution in [0.5, 0.6) is 0 Å². The molecular formula is C14H20N2O3. The lowest BCUT2D eigenvalue weighted by Gasteiger charge is -2.23. The maximum absolute atomic E-state index is 12.2. The Morgan fingerprint density at radius 2 is 1.95 bits per heavy atom. The standard InChI is InChI=1S/C14H20N2O3/c1-3-15-11(2)9-13(17)16(10-14(18)19)12-7-5-4-6-8-12/h4-8,11,15H,3,9-10H2,1-2H3,(H,18,19). The van der Waals surface area contributed by atoms with Gasteiger partial charge in [0.2, 0.25) is 5.91 Å². The smallest absolute Gasteiger partial charge is 0.323 e. The molecule has 0 aromatic heterocycles. The number of benzene rings is 1. The van der Waals surface area contributed by atoms with Crippen molar-refractivity contribution in [3.63, 3.8) is 0 Å². The van der Waals surface area contributed by atoms with Crippen molar-refractivity contribution in [2.75, 3.05) is 18.0 Å². The molecule has 0 radical (unpaired) electrons. The summed E-state index contributed by atoms with van der Waals surface area (Å²) in [7, 11) is 0. The van der Waals surface area contributed by atoms with Crippen LogP contribution in [-0.2, 0) is 9.59 Å². The van der Waals surface area contributed by atoms with Gasteiger partial charge in [-0.25, -0.2) is 0 Å². The lowest BCUT2D eigenvalue weighted by molar-refractivity contribution is -0.136. The second kappa shape index (κ2) is 7.53. The lowest BCUT2D eigenvalue weighted by Crippen LogP contribution is -2.39. The summed E-state index contributed by atoms with van der Waals surface area (Å²) in [5, 5.41) is 12.1. The molecule has 1 aromatic rings. The number of carbonyl (C=O) groups excluding carboxylic acids is 1. The fraction of sp³-hybridized carbons (Fsp3) is 0.429. The minimum absolute atomic E-state index is 0.0255. The fourth-order valence-corrected chi connectivity index (χ4v) is 1.86. The molecule has 2 N–H and O–H groups in total. The maximum atomic E-state index is 12.2. The van der Waals surface area contributed by atoms with Crippen LogP contribution in [0.3, 0.4) is 0 Å². The number of rotatable bonds is 7. The molecule has 1 unspecified atom stereocenters. The molecule has 1 aromatic carbocycles. The second-order valence-corrected chi connectivity index (χ2v) is 4.37. The van der Waals surface area contributed by atoms with Crippen molar-refractivity contribution in [3.8, 4) is 0 Å². The lowest BCUT2D eigenvalue weighted by atomic mass is 10.2. The summed E-state index contributed by atoms with van der Waals surface area (Å²) in [6.07, 6.45) is 0.274. The Hall–Kier alpha value is -1.88. The first kappa shape index (κ1) is 15.2. The minimum atomic E-state index is -1.02. The van der Waals surface area contributed by atoms with Crippen molar-refractivity contribution in [1.82, 2.24) is 5.32 Å². The Bertz CT molecular complexity index is 420. The van der Waals surface area contributed by atoms with Gasteiger partial charge in [0.25, 0.3) is 0 Å². The average Bonchev–Trinajstić information content (AvgIpc) is 2.37. The topological polar surface area (TPSA) is 69.6 Å². The van der Waals surface area contributed by atoms with Crippen molar-refractivity contribution < 1.29 is 14.7 Å². The minimum Gasteiger partial charge on any atom is -0.480 e. The van der Waals surface area contributed by atoms with E-state index in [1.54, 1.807) is 24.3 Å². The fourth-order valence-electron chi connectivity index (χ4n) is 1.86. The van der Waals surface area contributed by atoms with Crippen LogP contribution < -0.4 is 10.2 Å². The van der Waals surface area contributed by atoms with Gasteiger partial charge in [-0.15, -0.1) is 0 Å². The van der Waals surface area contributed by atoms with Crippen LogP contribution in [0.4, 0.5) is 5.69 Å². The molecule has 5 nitrogen and oxygen atoms in total. The molecule has 1 atom stereocenters. The van der Waals surface area contributed by atoms with Crippen LogP contribution in [0.25, 0.3) is 0 Å². The highest BCUT2D eigenvalue weighted by Crippen LogP contribution is 2.14. The van der Waals surface area contributed by atoms with E-state index in [2.05, 4.69) is 5.32 Å². The van der Waals surface area contributed by atoms with Crippen LogP contribution in [0, 0.1) is 0 Å². The molecule has 0 aliphatic heterocycles. The van der Waals surface area contributed by atoms with Crippen molar-refractivity contribution >= 4 is 17.6 Å². The summed E-state index contributed by atoms with van der Waals surface area (Å²) >= 11 is 0. The Labute approximate surface area is 113 Å². The number of carboxylic acid groups (broad SMARTS) is 1. The van der Waals surface area contributed by atoms with Gasteiger partial charge >= 0.3 is 5.97 Å². The zero-order valence-electron chi connectivity index (χ0n) is 11.3. The monoisotopic (exact) mass is 264 g/mol. The van der Waals surface area contributed by atoms with E-state index >= 15 is 0 Å². The molecule has 0 spiro atoms. The number of carbonyl (C=O) groups is 2. The summed E-state index contributed by atoms with van der Waals surface area (Å²) in [4.78, 5) is 24.4. The Morgan fingerprint density at radius 1 is 1.32 bits per heavy atom. The molecule has 0 aliphatic rings. The molecule has 1 rings (SSSR count). The van der Waals surface area contributed by atoms with Gasteiger partial charge in [-0.2, -0.15) is 0 Å². The van der Waals surface area contributed by atoms with Crippen LogP contribution >= 0.6 is 0 Å². The maximum Gasteiger partial charge on any atom is 0.323 e. The molecule has 0 aliphatic carbocycles. The first-order valence-electron chi connectivity index (χ1n) is 6.35. The zero-order chi connectivity index (χ0) is 14.3. The number of nitrogens with zero attached hydrogens (tertiary/aromatic N) is 1. The van der Waals surface area contributed by atoms with E-state index in [0.717, 1.165) is 6.54 Å². The summed E-state index contributed by atoms with van der Waals surface area (Å²) in [5.74, 6) is -1.21. The van der Waals surface area contributed by atoms with E-state index < -0.39 is 5.97 Å². The Morgan fingerprint density at radius 3 is 2.47 bits per heavy atom. The molecule has 0 saturated carbocycles.